The second-order valence-electron chi connectivity index (χ2n) is 6.49. The van der Waals surface area contributed by atoms with E-state index in [9.17, 15) is 9.59 Å². The molecule has 1 aromatic heterocycles. The average molecular weight is 378 g/mol. The van der Waals surface area contributed by atoms with Crippen molar-refractivity contribution in [2.24, 2.45) is 0 Å². The number of nitrogens with zero attached hydrogens (tertiary/aromatic N) is 4. The molecule has 0 N–H and O–H groups in total. The maximum absolute atomic E-state index is 12.8. The number of aryl methyl sites for hydroxylation is 2. The lowest BCUT2D eigenvalue weighted by atomic mass is 9.98. The Kier molecular flexibility index (Phi) is 6.26. The number of rotatable bonds is 8. The maximum atomic E-state index is 12.8. The number of ketones is 1. The van der Waals surface area contributed by atoms with Crippen LogP contribution in [0.3, 0.4) is 0 Å². The van der Waals surface area contributed by atoms with E-state index in [0.717, 1.165) is 18.4 Å². The second kappa shape index (κ2) is 9.03. The van der Waals surface area contributed by atoms with Gasteiger partial charge in [-0.15, -0.1) is 5.10 Å². The smallest absolute Gasteiger partial charge is 0.339 e. The van der Waals surface area contributed by atoms with Crippen molar-refractivity contribution < 1.29 is 14.3 Å². The van der Waals surface area contributed by atoms with Crippen LogP contribution in [-0.4, -0.2) is 32.0 Å². The summed E-state index contributed by atoms with van der Waals surface area (Å²) in [5.41, 5.74) is 2.11. The summed E-state index contributed by atoms with van der Waals surface area (Å²) in [6.45, 7) is 4.64. The van der Waals surface area contributed by atoms with Gasteiger partial charge in [0.05, 0.1) is 5.56 Å². The number of hydrogen-bond acceptors (Lipinski definition) is 6. The maximum Gasteiger partial charge on any atom is 0.339 e. The van der Waals surface area contributed by atoms with Gasteiger partial charge in [0.1, 0.15) is 0 Å². The van der Waals surface area contributed by atoms with Crippen molar-refractivity contribution in [2.45, 2.75) is 39.8 Å². The van der Waals surface area contributed by atoms with Crippen molar-refractivity contribution >= 4 is 11.8 Å². The van der Waals surface area contributed by atoms with Gasteiger partial charge >= 0.3 is 5.97 Å². The zero-order chi connectivity index (χ0) is 19.9. The first-order valence-corrected chi connectivity index (χ1v) is 9.22. The first-order valence-electron chi connectivity index (χ1n) is 9.22. The minimum absolute atomic E-state index is 0.0530. The van der Waals surface area contributed by atoms with Gasteiger partial charge in [-0.1, -0.05) is 61.4 Å². The molecule has 0 unspecified atom stereocenters. The van der Waals surface area contributed by atoms with Gasteiger partial charge in [0, 0.05) is 17.7 Å². The molecule has 0 saturated carbocycles. The average Bonchev–Trinajstić information content (AvgIpc) is 3.18. The highest BCUT2D eigenvalue weighted by Gasteiger charge is 2.20. The van der Waals surface area contributed by atoms with Gasteiger partial charge in [-0.2, -0.15) is 0 Å². The van der Waals surface area contributed by atoms with Crippen molar-refractivity contribution in [3.05, 3.63) is 76.6 Å². The molecule has 0 bridgehead atoms. The lowest BCUT2D eigenvalue weighted by Gasteiger charge is -2.09. The van der Waals surface area contributed by atoms with E-state index in [1.807, 2.05) is 19.1 Å². The Hall–Kier alpha value is -3.35. The summed E-state index contributed by atoms with van der Waals surface area (Å²) < 4.78 is 7.01. The molecule has 0 fully saturated rings. The summed E-state index contributed by atoms with van der Waals surface area (Å²) in [4.78, 5) is 25.5. The van der Waals surface area contributed by atoms with E-state index in [2.05, 4.69) is 22.4 Å². The van der Waals surface area contributed by atoms with Crippen LogP contribution in [-0.2, 0) is 17.9 Å². The summed E-state index contributed by atoms with van der Waals surface area (Å²) in [7, 11) is 0. The third-order valence-electron chi connectivity index (χ3n) is 4.37. The predicted octanol–water partition coefficient (Wildman–Crippen LogP) is 3.37. The molecule has 0 amide bonds. The highest BCUT2D eigenvalue weighted by atomic mass is 16.5. The molecule has 144 valence electrons. The number of aromatic nitrogens is 4. The first-order chi connectivity index (χ1) is 13.6. The van der Waals surface area contributed by atoms with Crippen molar-refractivity contribution in [1.29, 1.82) is 0 Å². The Morgan fingerprint density at radius 3 is 2.46 bits per heavy atom. The summed E-state index contributed by atoms with van der Waals surface area (Å²) >= 11 is 0. The van der Waals surface area contributed by atoms with Gasteiger partial charge < -0.3 is 4.74 Å². The topological polar surface area (TPSA) is 87.0 Å². The van der Waals surface area contributed by atoms with E-state index in [-0.39, 0.29) is 18.0 Å². The number of unbranched alkanes of at least 4 members (excludes halogenated alkanes) is 1. The molecule has 7 nitrogen and oxygen atoms in total. The summed E-state index contributed by atoms with van der Waals surface area (Å²) in [6, 6.07) is 13.9. The second-order valence-corrected chi connectivity index (χ2v) is 6.49. The number of carbonyl (C=O) groups excluding carboxylic acids is 2. The quantitative estimate of drug-likeness (QED) is 0.441. The van der Waals surface area contributed by atoms with E-state index in [0.29, 0.717) is 23.5 Å². The Bertz CT molecular complexity index is 964. The molecule has 0 spiro atoms. The van der Waals surface area contributed by atoms with E-state index in [1.165, 1.54) is 0 Å². The fraction of sp³-hybridized carbons (Fsp3) is 0.286. The van der Waals surface area contributed by atoms with Crippen molar-refractivity contribution in [2.75, 3.05) is 0 Å². The molecule has 0 radical (unpaired) electrons. The summed E-state index contributed by atoms with van der Waals surface area (Å²) in [5.74, 6) is -0.328. The summed E-state index contributed by atoms with van der Waals surface area (Å²) in [6.07, 6.45) is 1.94. The number of hydrogen-bond donors (Lipinski definition) is 0. The van der Waals surface area contributed by atoms with Crippen LogP contribution >= 0.6 is 0 Å². The predicted molar refractivity (Wildman–Crippen MR) is 103 cm³/mol. The zero-order valence-corrected chi connectivity index (χ0v) is 16.0. The number of tetrazole rings is 1. The number of ether oxygens (including phenoxy) is 1. The highest BCUT2D eigenvalue weighted by molar-refractivity contribution is 6.14. The molecule has 0 aliphatic carbocycles. The van der Waals surface area contributed by atoms with Gasteiger partial charge in [0.25, 0.3) is 0 Å². The Morgan fingerprint density at radius 2 is 1.75 bits per heavy atom. The Morgan fingerprint density at radius 1 is 1.04 bits per heavy atom. The monoisotopic (exact) mass is 378 g/mol. The van der Waals surface area contributed by atoms with Crippen molar-refractivity contribution in [3.8, 4) is 0 Å². The fourth-order valence-electron chi connectivity index (χ4n) is 2.74. The SMILES string of the molecule is CCCCn1nnnc1COC(=O)c1ccccc1C(=O)c1ccc(C)cc1. The zero-order valence-electron chi connectivity index (χ0n) is 16.0. The molecule has 28 heavy (non-hydrogen) atoms. The van der Waals surface area contributed by atoms with E-state index in [4.69, 9.17) is 4.74 Å². The van der Waals surface area contributed by atoms with Gasteiger partial charge in [0.15, 0.2) is 18.2 Å². The third-order valence-corrected chi connectivity index (χ3v) is 4.37. The summed E-state index contributed by atoms with van der Waals surface area (Å²) in [5, 5.41) is 11.4. The molecular weight excluding hydrogens is 356 g/mol. The minimum Gasteiger partial charge on any atom is -0.454 e. The molecule has 3 aromatic rings. The number of carbonyl (C=O) groups is 2. The molecule has 7 heteroatoms. The van der Waals surface area contributed by atoms with E-state index < -0.39 is 5.97 Å². The van der Waals surface area contributed by atoms with Gasteiger partial charge in [-0.25, -0.2) is 9.48 Å². The number of benzene rings is 2. The third kappa shape index (κ3) is 4.49. The van der Waals surface area contributed by atoms with Crippen molar-refractivity contribution in [1.82, 2.24) is 20.2 Å². The largest absolute Gasteiger partial charge is 0.454 e. The Balaban J connectivity index is 1.75. The Labute approximate surface area is 163 Å². The molecule has 1 heterocycles. The standard InChI is InChI=1S/C21H22N4O3/c1-3-4-13-25-19(22-23-24-25)14-28-21(27)18-8-6-5-7-17(18)20(26)16-11-9-15(2)10-12-16/h5-12H,3-4,13-14H2,1-2H3. The highest BCUT2D eigenvalue weighted by Crippen LogP contribution is 2.17. The van der Waals surface area contributed by atoms with Gasteiger partial charge in [-0.3, -0.25) is 4.79 Å². The lowest BCUT2D eigenvalue weighted by Crippen LogP contribution is -2.14. The molecule has 0 aliphatic rings. The lowest BCUT2D eigenvalue weighted by molar-refractivity contribution is 0.0454. The molecular formula is C21H22N4O3. The van der Waals surface area contributed by atoms with Gasteiger partial charge in [-0.05, 0) is 29.8 Å². The van der Waals surface area contributed by atoms with E-state index in [1.54, 1.807) is 41.1 Å². The first kappa shape index (κ1) is 19.4. The van der Waals surface area contributed by atoms with Crippen LogP contribution in [0.4, 0.5) is 0 Å². The van der Waals surface area contributed by atoms with Crippen LogP contribution in [0.15, 0.2) is 48.5 Å². The molecule has 3 rings (SSSR count). The van der Waals surface area contributed by atoms with Crippen LogP contribution in [0, 0.1) is 6.92 Å². The minimum atomic E-state index is -0.582. The van der Waals surface area contributed by atoms with Crippen molar-refractivity contribution in [3.63, 3.8) is 0 Å². The van der Waals surface area contributed by atoms with E-state index >= 15 is 0 Å². The van der Waals surface area contributed by atoms with Crippen LogP contribution in [0.2, 0.25) is 0 Å². The van der Waals surface area contributed by atoms with Crippen LogP contribution in [0.5, 0.6) is 0 Å². The molecule has 2 aromatic carbocycles. The fourth-order valence-corrected chi connectivity index (χ4v) is 2.74. The van der Waals surface area contributed by atoms with Crippen LogP contribution < -0.4 is 0 Å². The number of esters is 1. The molecule has 0 saturated heterocycles. The normalized spacial score (nSPS) is 10.6. The van der Waals surface area contributed by atoms with Crippen LogP contribution in [0.1, 0.15) is 57.4 Å². The molecule has 0 aliphatic heterocycles. The molecule has 0 atom stereocenters. The van der Waals surface area contributed by atoms with Crippen LogP contribution in [0.25, 0.3) is 0 Å². The van der Waals surface area contributed by atoms with Gasteiger partial charge in [0.2, 0.25) is 0 Å².